The first kappa shape index (κ1) is 13.6. The standard InChI is InChI=1S/C17H12BrN3/c18-16-7-12(8-19)5-6-17(16)21-11-14-10-20-9-13-3-1-2-4-15(13)14/h1-7,9-10,21H,11H2. The monoisotopic (exact) mass is 337 g/mol. The number of nitriles is 1. The van der Waals surface area contributed by atoms with E-state index in [0.717, 1.165) is 21.1 Å². The van der Waals surface area contributed by atoms with Crippen molar-refractivity contribution in [2.24, 2.45) is 0 Å². The maximum Gasteiger partial charge on any atom is 0.0992 e. The highest BCUT2D eigenvalue weighted by Crippen LogP contribution is 2.25. The van der Waals surface area contributed by atoms with Crippen LogP contribution in [-0.4, -0.2) is 4.98 Å². The molecule has 0 bridgehead atoms. The predicted octanol–water partition coefficient (Wildman–Crippen LogP) is 4.48. The fourth-order valence-electron chi connectivity index (χ4n) is 2.24. The van der Waals surface area contributed by atoms with Crippen LogP contribution in [0.1, 0.15) is 11.1 Å². The van der Waals surface area contributed by atoms with Gasteiger partial charge in [0, 0.05) is 34.5 Å². The third kappa shape index (κ3) is 2.88. The number of pyridine rings is 1. The number of anilines is 1. The molecule has 0 aliphatic carbocycles. The summed E-state index contributed by atoms with van der Waals surface area (Å²) in [5.41, 5.74) is 2.74. The third-order valence-corrected chi connectivity index (χ3v) is 3.97. The number of nitrogens with one attached hydrogen (secondary N) is 1. The Hall–Kier alpha value is -2.38. The van der Waals surface area contributed by atoms with Crippen LogP contribution in [0.4, 0.5) is 5.69 Å². The van der Waals surface area contributed by atoms with Gasteiger partial charge >= 0.3 is 0 Å². The van der Waals surface area contributed by atoms with E-state index in [0.29, 0.717) is 12.1 Å². The summed E-state index contributed by atoms with van der Waals surface area (Å²) in [7, 11) is 0. The molecular weight excluding hydrogens is 326 g/mol. The zero-order chi connectivity index (χ0) is 14.7. The Labute approximate surface area is 131 Å². The number of fused-ring (bicyclic) bond motifs is 1. The molecule has 3 nitrogen and oxygen atoms in total. The fourth-order valence-corrected chi connectivity index (χ4v) is 2.76. The number of nitrogens with zero attached hydrogens (tertiary/aromatic N) is 2. The normalized spacial score (nSPS) is 10.3. The molecule has 4 heteroatoms. The largest absolute Gasteiger partial charge is 0.380 e. The van der Waals surface area contributed by atoms with Crippen LogP contribution in [0.15, 0.2) is 59.3 Å². The molecule has 1 N–H and O–H groups in total. The number of rotatable bonds is 3. The summed E-state index contributed by atoms with van der Waals surface area (Å²) in [5.74, 6) is 0. The van der Waals surface area contributed by atoms with Crippen molar-refractivity contribution in [1.29, 1.82) is 5.26 Å². The van der Waals surface area contributed by atoms with Crippen LogP contribution in [0.25, 0.3) is 10.8 Å². The molecule has 0 saturated heterocycles. The van der Waals surface area contributed by atoms with Crippen LogP contribution in [0.3, 0.4) is 0 Å². The smallest absolute Gasteiger partial charge is 0.0992 e. The second-order valence-corrected chi connectivity index (χ2v) is 5.53. The quantitative estimate of drug-likeness (QED) is 0.766. The maximum absolute atomic E-state index is 8.88. The van der Waals surface area contributed by atoms with Crippen LogP contribution in [-0.2, 0) is 6.54 Å². The molecule has 0 fully saturated rings. The summed E-state index contributed by atoms with van der Waals surface area (Å²) in [5, 5.41) is 14.6. The molecule has 0 spiro atoms. The predicted molar refractivity (Wildman–Crippen MR) is 87.9 cm³/mol. The SMILES string of the molecule is N#Cc1ccc(NCc2cncc3ccccc23)c(Br)c1. The van der Waals surface area contributed by atoms with Crippen molar-refractivity contribution >= 4 is 32.4 Å². The molecule has 0 amide bonds. The molecule has 1 aromatic heterocycles. The maximum atomic E-state index is 8.88. The minimum atomic E-state index is 0.638. The zero-order valence-electron chi connectivity index (χ0n) is 11.2. The first-order valence-electron chi connectivity index (χ1n) is 6.53. The Bertz CT molecular complexity index is 832. The van der Waals surface area contributed by atoms with Crippen molar-refractivity contribution in [2.75, 3.05) is 5.32 Å². The lowest BCUT2D eigenvalue weighted by Crippen LogP contribution is -2.01. The van der Waals surface area contributed by atoms with Gasteiger partial charge in [-0.1, -0.05) is 24.3 Å². The Balaban J connectivity index is 1.86. The van der Waals surface area contributed by atoms with Crippen molar-refractivity contribution in [3.8, 4) is 6.07 Å². The van der Waals surface area contributed by atoms with Gasteiger partial charge in [-0.25, -0.2) is 0 Å². The lowest BCUT2D eigenvalue weighted by Gasteiger charge is -2.10. The summed E-state index contributed by atoms with van der Waals surface area (Å²) in [6, 6.07) is 15.8. The van der Waals surface area contributed by atoms with Crippen LogP contribution in [0, 0.1) is 11.3 Å². The Morgan fingerprint density at radius 2 is 2.00 bits per heavy atom. The van der Waals surface area contributed by atoms with Gasteiger partial charge in [-0.05, 0) is 45.1 Å². The van der Waals surface area contributed by atoms with Crippen LogP contribution in [0.2, 0.25) is 0 Å². The molecular formula is C17H12BrN3. The van der Waals surface area contributed by atoms with Crippen molar-refractivity contribution in [2.45, 2.75) is 6.54 Å². The van der Waals surface area contributed by atoms with Crippen LogP contribution < -0.4 is 5.32 Å². The highest BCUT2D eigenvalue weighted by atomic mass is 79.9. The highest BCUT2D eigenvalue weighted by Gasteiger charge is 2.04. The summed E-state index contributed by atoms with van der Waals surface area (Å²) in [6.07, 6.45) is 3.75. The molecule has 3 rings (SSSR count). The average Bonchev–Trinajstić information content (AvgIpc) is 2.53. The summed E-state index contributed by atoms with van der Waals surface area (Å²) in [6.45, 7) is 0.679. The van der Waals surface area contributed by atoms with Gasteiger partial charge < -0.3 is 5.32 Å². The van der Waals surface area contributed by atoms with Crippen molar-refractivity contribution in [1.82, 2.24) is 4.98 Å². The minimum Gasteiger partial charge on any atom is -0.380 e. The zero-order valence-corrected chi connectivity index (χ0v) is 12.8. The Morgan fingerprint density at radius 3 is 2.81 bits per heavy atom. The lowest BCUT2D eigenvalue weighted by molar-refractivity contribution is 1.13. The molecule has 2 aromatic carbocycles. The topological polar surface area (TPSA) is 48.7 Å². The molecule has 1 heterocycles. The first-order valence-corrected chi connectivity index (χ1v) is 7.32. The van der Waals surface area contributed by atoms with E-state index in [1.165, 1.54) is 5.39 Å². The molecule has 0 unspecified atom stereocenters. The highest BCUT2D eigenvalue weighted by molar-refractivity contribution is 9.10. The fraction of sp³-hybridized carbons (Fsp3) is 0.0588. The van der Waals surface area contributed by atoms with Gasteiger partial charge in [-0.2, -0.15) is 5.26 Å². The van der Waals surface area contributed by atoms with E-state index in [2.05, 4.69) is 44.4 Å². The van der Waals surface area contributed by atoms with Gasteiger partial charge in [0.1, 0.15) is 0 Å². The Kier molecular flexibility index (Phi) is 3.85. The number of aromatic nitrogens is 1. The summed E-state index contributed by atoms with van der Waals surface area (Å²) >= 11 is 3.48. The molecule has 0 aliphatic heterocycles. The van der Waals surface area contributed by atoms with Gasteiger partial charge in [0.15, 0.2) is 0 Å². The van der Waals surface area contributed by atoms with Crippen molar-refractivity contribution in [3.05, 3.63) is 70.5 Å². The van der Waals surface area contributed by atoms with Crippen molar-refractivity contribution < 1.29 is 0 Å². The van der Waals surface area contributed by atoms with E-state index >= 15 is 0 Å². The van der Waals surface area contributed by atoms with Crippen molar-refractivity contribution in [3.63, 3.8) is 0 Å². The second kappa shape index (κ2) is 5.94. The van der Waals surface area contributed by atoms with E-state index in [4.69, 9.17) is 5.26 Å². The summed E-state index contributed by atoms with van der Waals surface area (Å²) < 4.78 is 0.884. The van der Waals surface area contributed by atoms with Gasteiger partial charge in [0.05, 0.1) is 11.6 Å². The Morgan fingerprint density at radius 1 is 1.14 bits per heavy atom. The minimum absolute atomic E-state index is 0.638. The average molecular weight is 338 g/mol. The summed E-state index contributed by atoms with van der Waals surface area (Å²) in [4.78, 5) is 4.28. The third-order valence-electron chi connectivity index (χ3n) is 3.32. The number of benzene rings is 2. The molecule has 0 atom stereocenters. The van der Waals surface area contributed by atoms with Crippen LogP contribution >= 0.6 is 15.9 Å². The van der Waals surface area contributed by atoms with Crippen LogP contribution in [0.5, 0.6) is 0 Å². The number of hydrogen-bond acceptors (Lipinski definition) is 3. The van der Waals surface area contributed by atoms with Gasteiger partial charge in [0.2, 0.25) is 0 Å². The van der Waals surface area contributed by atoms with Gasteiger partial charge in [0.25, 0.3) is 0 Å². The molecule has 21 heavy (non-hydrogen) atoms. The van der Waals surface area contributed by atoms with E-state index in [-0.39, 0.29) is 0 Å². The molecule has 0 aliphatic rings. The van der Waals surface area contributed by atoms with E-state index in [1.54, 1.807) is 6.07 Å². The van der Waals surface area contributed by atoms with E-state index in [9.17, 15) is 0 Å². The number of halogens is 1. The molecule has 102 valence electrons. The first-order chi connectivity index (χ1) is 10.3. The van der Waals surface area contributed by atoms with Gasteiger partial charge in [-0.15, -0.1) is 0 Å². The van der Waals surface area contributed by atoms with E-state index < -0.39 is 0 Å². The molecule has 3 aromatic rings. The van der Waals surface area contributed by atoms with E-state index in [1.807, 2.05) is 36.7 Å². The van der Waals surface area contributed by atoms with Gasteiger partial charge in [-0.3, -0.25) is 4.98 Å². The molecule has 0 radical (unpaired) electrons. The lowest BCUT2D eigenvalue weighted by atomic mass is 10.1. The number of hydrogen-bond donors (Lipinski definition) is 1. The second-order valence-electron chi connectivity index (χ2n) is 4.68. The molecule has 0 saturated carbocycles.